The van der Waals surface area contributed by atoms with E-state index in [0.29, 0.717) is 11.7 Å². The van der Waals surface area contributed by atoms with Crippen LogP contribution in [-0.2, 0) is 24.2 Å². The second-order valence-corrected chi connectivity index (χ2v) is 9.88. The molecular formula is C19H21N3O2S3. The van der Waals surface area contributed by atoms with Crippen LogP contribution in [0.25, 0.3) is 10.2 Å². The molecule has 0 saturated carbocycles. The van der Waals surface area contributed by atoms with Gasteiger partial charge in [0, 0.05) is 16.8 Å². The van der Waals surface area contributed by atoms with Crippen molar-refractivity contribution >= 4 is 50.6 Å². The third kappa shape index (κ3) is 3.83. The molecule has 0 aromatic carbocycles. The first kappa shape index (κ1) is 18.7. The number of amides is 1. The lowest BCUT2D eigenvalue weighted by Crippen LogP contribution is -2.27. The number of thiophene rings is 2. The van der Waals surface area contributed by atoms with Crippen molar-refractivity contribution in [3.63, 3.8) is 0 Å². The van der Waals surface area contributed by atoms with Gasteiger partial charge in [-0.15, -0.1) is 22.7 Å². The van der Waals surface area contributed by atoms with Gasteiger partial charge in [-0.05, 0) is 55.2 Å². The number of nitrogens with zero attached hydrogens (tertiary/aromatic N) is 2. The number of thioether (sulfide) groups is 1. The van der Waals surface area contributed by atoms with E-state index in [1.165, 1.54) is 39.1 Å². The number of carbonyl (C=O) groups is 1. The minimum absolute atomic E-state index is 0.0287. The smallest absolute Gasteiger partial charge is 0.260 e. The number of fused-ring (bicyclic) bond motifs is 3. The summed E-state index contributed by atoms with van der Waals surface area (Å²) in [5.41, 5.74) is 2.33. The number of aromatic amines is 1. The van der Waals surface area contributed by atoms with Gasteiger partial charge in [-0.1, -0.05) is 11.8 Å². The maximum Gasteiger partial charge on any atom is 0.260 e. The topological polar surface area (TPSA) is 66.1 Å². The van der Waals surface area contributed by atoms with E-state index in [-0.39, 0.29) is 17.2 Å². The summed E-state index contributed by atoms with van der Waals surface area (Å²) in [6.45, 7) is 2.67. The normalized spacial score (nSPS) is 13.7. The van der Waals surface area contributed by atoms with Gasteiger partial charge in [0.1, 0.15) is 4.83 Å². The average molecular weight is 420 g/mol. The van der Waals surface area contributed by atoms with Crippen LogP contribution in [0.2, 0.25) is 0 Å². The van der Waals surface area contributed by atoms with Crippen molar-refractivity contribution in [2.24, 2.45) is 0 Å². The van der Waals surface area contributed by atoms with E-state index < -0.39 is 0 Å². The number of aromatic nitrogens is 2. The number of rotatable bonds is 5. The minimum Gasteiger partial charge on any atom is -0.340 e. The molecule has 1 aliphatic carbocycles. The van der Waals surface area contributed by atoms with E-state index in [4.69, 9.17) is 0 Å². The van der Waals surface area contributed by atoms with Crippen LogP contribution in [0.3, 0.4) is 0 Å². The molecule has 5 nitrogen and oxygen atoms in total. The van der Waals surface area contributed by atoms with Crippen molar-refractivity contribution < 1.29 is 4.79 Å². The molecule has 3 aromatic heterocycles. The second kappa shape index (κ2) is 7.77. The van der Waals surface area contributed by atoms with Gasteiger partial charge in [-0.25, -0.2) is 4.98 Å². The van der Waals surface area contributed by atoms with Crippen molar-refractivity contribution in [3.05, 3.63) is 42.7 Å². The number of carbonyl (C=O) groups excluding carboxylic acids is 1. The quantitative estimate of drug-likeness (QED) is 0.502. The first-order valence-electron chi connectivity index (χ1n) is 8.97. The number of aryl methyl sites for hydroxylation is 3. The number of hydrogen-bond acceptors (Lipinski definition) is 6. The van der Waals surface area contributed by atoms with E-state index in [9.17, 15) is 9.59 Å². The highest BCUT2D eigenvalue weighted by Gasteiger charge is 2.20. The van der Waals surface area contributed by atoms with Crippen LogP contribution in [0.5, 0.6) is 0 Å². The average Bonchev–Trinajstić information content (AvgIpc) is 3.22. The molecule has 0 fully saturated rings. The predicted molar refractivity (Wildman–Crippen MR) is 113 cm³/mol. The Hall–Kier alpha value is -1.64. The Balaban J connectivity index is 1.46. The molecule has 4 rings (SSSR count). The van der Waals surface area contributed by atoms with Gasteiger partial charge in [-0.3, -0.25) is 9.59 Å². The van der Waals surface area contributed by atoms with Crippen molar-refractivity contribution in [1.82, 2.24) is 14.9 Å². The lowest BCUT2D eigenvalue weighted by Gasteiger charge is -2.16. The molecule has 3 heterocycles. The molecule has 3 aromatic rings. The monoisotopic (exact) mass is 419 g/mol. The van der Waals surface area contributed by atoms with Crippen molar-refractivity contribution in [3.8, 4) is 0 Å². The highest BCUT2D eigenvalue weighted by atomic mass is 32.2. The van der Waals surface area contributed by atoms with Gasteiger partial charge < -0.3 is 9.88 Å². The Morgan fingerprint density at radius 3 is 2.96 bits per heavy atom. The third-order valence-corrected chi connectivity index (χ3v) is 7.96. The van der Waals surface area contributed by atoms with Gasteiger partial charge in [0.15, 0.2) is 5.16 Å². The van der Waals surface area contributed by atoms with Crippen molar-refractivity contribution in [2.75, 3.05) is 12.8 Å². The van der Waals surface area contributed by atoms with Gasteiger partial charge in [0.2, 0.25) is 5.91 Å². The van der Waals surface area contributed by atoms with Crippen LogP contribution in [-0.4, -0.2) is 33.6 Å². The van der Waals surface area contributed by atoms with Crippen LogP contribution in [0, 0.1) is 6.92 Å². The van der Waals surface area contributed by atoms with E-state index in [1.54, 1.807) is 27.6 Å². The maximum absolute atomic E-state index is 12.6. The van der Waals surface area contributed by atoms with Gasteiger partial charge >= 0.3 is 0 Å². The molecule has 0 radical (unpaired) electrons. The van der Waals surface area contributed by atoms with E-state index in [0.717, 1.165) is 29.5 Å². The fourth-order valence-corrected chi connectivity index (χ4v) is 6.40. The zero-order chi connectivity index (χ0) is 19.0. The summed E-state index contributed by atoms with van der Waals surface area (Å²) >= 11 is 4.60. The summed E-state index contributed by atoms with van der Waals surface area (Å²) in [4.78, 5) is 37.6. The molecule has 1 aliphatic rings. The number of H-pyrrole nitrogens is 1. The zero-order valence-corrected chi connectivity index (χ0v) is 17.8. The predicted octanol–water partition coefficient (Wildman–Crippen LogP) is 3.98. The number of hydrogen-bond donors (Lipinski definition) is 1. The lowest BCUT2D eigenvalue weighted by molar-refractivity contribution is -0.127. The molecule has 1 amide bonds. The Labute approximate surface area is 169 Å². The Morgan fingerprint density at radius 2 is 2.19 bits per heavy atom. The molecular weight excluding hydrogens is 398 g/mol. The molecule has 0 atom stereocenters. The summed E-state index contributed by atoms with van der Waals surface area (Å²) in [5.74, 6) is 0.293. The molecule has 0 bridgehead atoms. The van der Waals surface area contributed by atoms with Gasteiger partial charge in [0.05, 0.1) is 17.7 Å². The molecule has 0 saturated heterocycles. The largest absolute Gasteiger partial charge is 0.340 e. The molecule has 27 heavy (non-hydrogen) atoms. The summed E-state index contributed by atoms with van der Waals surface area (Å²) in [6.07, 6.45) is 4.34. The molecule has 0 aliphatic heterocycles. The standard InChI is InChI=1S/C19H21N3O2S3/c1-11-7-8-25-14(11)9-22(2)15(23)10-26-19-20-17(24)16-12-5-3-4-6-13(12)27-18(16)21-19/h7-8H,3-6,9-10H2,1-2H3,(H,20,21,24). The Morgan fingerprint density at radius 1 is 1.37 bits per heavy atom. The van der Waals surface area contributed by atoms with Gasteiger partial charge in [-0.2, -0.15) is 0 Å². The summed E-state index contributed by atoms with van der Waals surface area (Å²) in [6, 6.07) is 2.07. The van der Waals surface area contributed by atoms with Crippen molar-refractivity contribution in [2.45, 2.75) is 44.3 Å². The second-order valence-electron chi connectivity index (χ2n) is 6.83. The molecule has 1 N–H and O–H groups in total. The van der Waals surface area contributed by atoms with E-state index in [1.807, 2.05) is 12.4 Å². The van der Waals surface area contributed by atoms with E-state index in [2.05, 4.69) is 23.0 Å². The Kier molecular flexibility index (Phi) is 5.39. The fourth-order valence-electron chi connectivity index (χ4n) is 3.32. The fraction of sp³-hybridized carbons (Fsp3) is 0.421. The van der Waals surface area contributed by atoms with Crippen LogP contribution in [0.1, 0.15) is 33.7 Å². The molecule has 8 heteroatoms. The van der Waals surface area contributed by atoms with Crippen LogP contribution in [0.4, 0.5) is 0 Å². The highest BCUT2D eigenvalue weighted by Crippen LogP contribution is 2.34. The summed E-state index contributed by atoms with van der Waals surface area (Å²) < 4.78 is 0. The highest BCUT2D eigenvalue weighted by molar-refractivity contribution is 7.99. The van der Waals surface area contributed by atoms with E-state index >= 15 is 0 Å². The molecule has 0 spiro atoms. The summed E-state index contributed by atoms with van der Waals surface area (Å²) in [7, 11) is 1.81. The van der Waals surface area contributed by atoms with Crippen molar-refractivity contribution in [1.29, 1.82) is 0 Å². The first-order chi connectivity index (χ1) is 13.0. The summed E-state index contributed by atoms with van der Waals surface area (Å²) in [5, 5.41) is 3.33. The lowest BCUT2D eigenvalue weighted by atomic mass is 9.97. The third-order valence-electron chi connectivity index (χ3n) is 4.91. The Bertz CT molecular complexity index is 1050. The first-order valence-corrected chi connectivity index (χ1v) is 11.7. The number of nitrogens with one attached hydrogen (secondary N) is 1. The minimum atomic E-state index is -0.0723. The van der Waals surface area contributed by atoms with Crippen LogP contribution in [0.15, 0.2) is 21.4 Å². The molecule has 142 valence electrons. The molecule has 0 unspecified atom stereocenters. The zero-order valence-electron chi connectivity index (χ0n) is 15.3. The SMILES string of the molecule is Cc1ccsc1CN(C)C(=O)CSc1nc2sc3c(c2c(=O)[nH]1)CCCC3. The van der Waals surface area contributed by atoms with Crippen LogP contribution >= 0.6 is 34.4 Å². The maximum atomic E-state index is 12.6. The van der Waals surface area contributed by atoms with Gasteiger partial charge in [0.25, 0.3) is 5.56 Å². The van der Waals surface area contributed by atoms with Crippen LogP contribution < -0.4 is 5.56 Å².